The summed E-state index contributed by atoms with van der Waals surface area (Å²) in [6, 6.07) is 21.6. The standard InChI is InChI=1S/C18H19P.2C2H6.C2H2/c1-3-11-16(4-2)19(17-12-7-5-8-13-17)18-14-9-6-10-15-18;3*1-2/h3-15H,1-2H3;2*1-2H3;1-2H/b11-3-,16-4+;;;. The van der Waals surface area contributed by atoms with E-state index in [2.05, 4.69) is 106 Å². The van der Waals surface area contributed by atoms with Gasteiger partial charge in [-0.15, -0.1) is 12.8 Å². The molecule has 2 rings (SSSR count). The molecule has 2 aromatic carbocycles. The second-order valence-corrected chi connectivity index (χ2v) is 6.44. The van der Waals surface area contributed by atoms with Crippen molar-refractivity contribution in [3.8, 4) is 12.8 Å². The Hall–Kier alpha value is -2.09. The summed E-state index contributed by atoms with van der Waals surface area (Å²) in [5.74, 6) is 0. The lowest BCUT2D eigenvalue weighted by atomic mass is 10.4. The van der Waals surface area contributed by atoms with E-state index in [0.29, 0.717) is 0 Å². The number of benzene rings is 2. The Morgan fingerprint density at radius 2 is 1.08 bits per heavy atom. The van der Waals surface area contributed by atoms with Crippen LogP contribution in [0.5, 0.6) is 0 Å². The minimum atomic E-state index is -0.446. The van der Waals surface area contributed by atoms with Gasteiger partial charge in [0.15, 0.2) is 0 Å². The molecular formula is C24H33P. The first-order chi connectivity index (χ1) is 12.4. The average Bonchev–Trinajstić information content (AvgIpc) is 2.73. The van der Waals surface area contributed by atoms with Crippen molar-refractivity contribution in [1.29, 1.82) is 0 Å². The summed E-state index contributed by atoms with van der Waals surface area (Å²) in [6.45, 7) is 12.2. The Labute approximate surface area is 157 Å². The van der Waals surface area contributed by atoms with E-state index in [4.69, 9.17) is 0 Å². The molecule has 0 unspecified atom stereocenters. The van der Waals surface area contributed by atoms with Crippen molar-refractivity contribution in [3.63, 3.8) is 0 Å². The van der Waals surface area contributed by atoms with E-state index in [1.165, 1.54) is 15.9 Å². The molecule has 0 saturated carbocycles. The normalized spacial score (nSPS) is 9.88. The van der Waals surface area contributed by atoms with E-state index in [1.54, 1.807) is 0 Å². The first-order valence-corrected chi connectivity index (χ1v) is 10.2. The summed E-state index contributed by atoms with van der Waals surface area (Å²) < 4.78 is 0. The van der Waals surface area contributed by atoms with Crippen molar-refractivity contribution >= 4 is 18.5 Å². The van der Waals surface area contributed by atoms with Gasteiger partial charge >= 0.3 is 0 Å². The third kappa shape index (κ3) is 9.09. The topological polar surface area (TPSA) is 0 Å². The monoisotopic (exact) mass is 352 g/mol. The van der Waals surface area contributed by atoms with Crippen molar-refractivity contribution in [2.75, 3.05) is 0 Å². The van der Waals surface area contributed by atoms with Crippen LogP contribution >= 0.6 is 7.92 Å². The Morgan fingerprint density at radius 1 is 0.720 bits per heavy atom. The van der Waals surface area contributed by atoms with Crippen LogP contribution in [0.4, 0.5) is 0 Å². The fourth-order valence-corrected chi connectivity index (χ4v) is 4.46. The fourth-order valence-electron chi connectivity index (χ4n) is 2.07. The molecule has 0 aliphatic heterocycles. The number of hydrogen-bond acceptors (Lipinski definition) is 0. The van der Waals surface area contributed by atoms with E-state index >= 15 is 0 Å². The third-order valence-corrected chi connectivity index (χ3v) is 5.47. The van der Waals surface area contributed by atoms with Crippen LogP contribution in [0.2, 0.25) is 0 Å². The van der Waals surface area contributed by atoms with Crippen LogP contribution in [0.25, 0.3) is 0 Å². The molecule has 25 heavy (non-hydrogen) atoms. The van der Waals surface area contributed by atoms with Crippen molar-refractivity contribution in [2.45, 2.75) is 41.5 Å². The van der Waals surface area contributed by atoms with E-state index < -0.39 is 7.92 Å². The maximum Gasteiger partial charge on any atom is -0.0138 e. The summed E-state index contributed by atoms with van der Waals surface area (Å²) in [7, 11) is -0.446. The molecule has 0 aromatic heterocycles. The number of terminal acetylenes is 1. The van der Waals surface area contributed by atoms with Crippen molar-refractivity contribution < 1.29 is 0 Å². The number of hydrogen-bond donors (Lipinski definition) is 0. The van der Waals surface area contributed by atoms with Gasteiger partial charge in [0.2, 0.25) is 0 Å². The lowest BCUT2D eigenvalue weighted by Crippen LogP contribution is -2.12. The van der Waals surface area contributed by atoms with Crippen LogP contribution in [-0.4, -0.2) is 0 Å². The summed E-state index contributed by atoms with van der Waals surface area (Å²) >= 11 is 0. The van der Waals surface area contributed by atoms with Crippen LogP contribution in [0, 0.1) is 12.8 Å². The molecule has 0 atom stereocenters. The molecule has 0 heterocycles. The molecule has 134 valence electrons. The average molecular weight is 353 g/mol. The van der Waals surface area contributed by atoms with Crippen LogP contribution in [-0.2, 0) is 0 Å². The van der Waals surface area contributed by atoms with Crippen molar-refractivity contribution in [3.05, 3.63) is 84.2 Å². The van der Waals surface area contributed by atoms with E-state index in [0.717, 1.165) is 0 Å². The van der Waals surface area contributed by atoms with Crippen LogP contribution < -0.4 is 10.6 Å². The third-order valence-electron chi connectivity index (χ3n) is 2.92. The molecule has 0 aliphatic carbocycles. The smallest absolute Gasteiger partial charge is 0.0138 e. The minimum Gasteiger partial charge on any atom is -0.124 e. The van der Waals surface area contributed by atoms with Gasteiger partial charge in [0.05, 0.1) is 0 Å². The molecule has 0 nitrogen and oxygen atoms in total. The zero-order valence-electron chi connectivity index (χ0n) is 16.6. The maximum atomic E-state index is 4.00. The lowest BCUT2D eigenvalue weighted by Gasteiger charge is -2.20. The predicted octanol–water partition coefficient (Wildman–Crippen LogP) is 6.90. The molecule has 0 amide bonds. The van der Waals surface area contributed by atoms with Gasteiger partial charge in [0.1, 0.15) is 0 Å². The quantitative estimate of drug-likeness (QED) is 0.319. The van der Waals surface area contributed by atoms with Crippen LogP contribution in [0.3, 0.4) is 0 Å². The Kier molecular flexibility index (Phi) is 18.4. The van der Waals surface area contributed by atoms with E-state index in [1.807, 2.05) is 27.7 Å². The molecule has 0 fully saturated rings. The fraction of sp³-hybridized carbons (Fsp3) is 0.250. The minimum absolute atomic E-state index is 0.446. The molecule has 0 N–H and O–H groups in total. The summed E-state index contributed by atoms with van der Waals surface area (Å²) in [5.41, 5.74) is 0. The summed E-state index contributed by atoms with van der Waals surface area (Å²) in [5, 5.41) is 4.19. The van der Waals surface area contributed by atoms with Crippen LogP contribution in [0.1, 0.15) is 41.5 Å². The Bertz CT molecular complexity index is 552. The highest BCUT2D eigenvalue weighted by Crippen LogP contribution is 2.43. The Morgan fingerprint density at radius 3 is 1.36 bits per heavy atom. The van der Waals surface area contributed by atoms with E-state index in [9.17, 15) is 0 Å². The number of rotatable bonds is 4. The molecule has 1 heteroatoms. The van der Waals surface area contributed by atoms with Gasteiger partial charge in [-0.25, -0.2) is 0 Å². The second-order valence-electron chi connectivity index (χ2n) is 4.22. The van der Waals surface area contributed by atoms with Crippen molar-refractivity contribution in [1.82, 2.24) is 0 Å². The first kappa shape index (κ1) is 25.2. The molecule has 0 bridgehead atoms. The zero-order chi connectivity index (χ0) is 19.5. The van der Waals surface area contributed by atoms with Crippen molar-refractivity contribution in [2.24, 2.45) is 0 Å². The zero-order valence-corrected chi connectivity index (χ0v) is 17.5. The van der Waals surface area contributed by atoms with Gasteiger partial charge in [-0.05, 0) is 37.7 Å². The van der Waals surface area contributed by atoms with Gasteiger partial charge in [0, 0.05) is 0 Å². The maximum absolute atomic E-state index is 4.00. The SMILES string of the molecule is C#C.C/C=C\C(=C/C)P(c1ccccc1)c1ccccc1.CC.CC. The highest BCUT2D eigenvalue weighted by molar-refractivity contribution is 7.77. The highest BCUT2D eigenvalue weighted by atomic mass is 31.1. The van der Waals surface area contributed by atoms with Gasteiger partial charge in [0.25, 0.3) is 0 Å². The second kappa shape index (κ2) is 18.3. The predicted molar refractivity (Wildman–Crippen MR) is 120 cm³/mol. The summed E-state index contributed by atoms with van der Waals surface area (Å²) in [4.78, 5) is 0. The molecule has 0 saturated heterocycles. The molecule has 2 aromatic rings. The highest BCUT2D eigenvalue weighted by Gasteiger charge is 2.15. The molecule has 0 aliphatic rings. The van der Waals surface area contributed by atoms with Crippen LogP contribution in [0.15, 0.2) is 84.2 Å². The Balaban J connectivity index is 0. The van der Waals surface area contributed by atoms with Gasteiger partial charge in [-0.3, -0.25) is 0 Å². The van der Waals surface area contributed by atoms with Gasteiger partial charge in [-0.2, -0.15) is 0 Å². The summed E-state index contributed by atoms with van der Waals surface area (Å²) in [6.07, 6.45) is 14.6. The molecular weight excluding hydrogens is 319 g/mol. The molecule has 0 spiro atoms. The lowest BCUT2D eigenvalue weighted by molar-refractivity contribution is 1.50. The largest absolute Gasteiger partial charge is 0.124 e. The van der Waals surface area contributed by atoms with Gasteiger partial charge in [-0.1, -0.05) is 107 Å². The molecule has 0 radical (unpaired) electrons. The number of allylic oxidation sites excluding steroid dienone is 4. The van der Waals surface area contributed by atoms with E-state index in [-0.39, 0.29) is 0 Å². The first-order valence-electron chi connectivity index (χ1n) is 8.89. The van der Waals surface area contributed by atoms with Gasteiger partial charge < -0.3 is 0 Å².